The Morgan fingerprint density at radius 3 is 0.333 bits per heavy atom. The van der Waals surface area contributed by atoms with E-state index >= 15 is 38.4 Å². The van der Waals surface area contributed by atoms with E-state index in [9.17, 15) is 40.9 Å². The molecule has 0 amide bonds. The minimum absolute atomic E-state index is 0.132. The highest BCUT2D eigenvalue weighted by Crippen LogP contribution is 2.47. The van der Waals surface area contributed by atoms with Gasteiger partial charge in [0.05, 0.1) is 52.9 Å². The third-order valence-corrected chi connectivity index (χ3v) is 25.4. The number of benzene rings is 10. The molecular weight excluding hydrogens is 1740 g/mol. The smallest absolute Gasteiger partial charge is 0.188 e. The fraction of sp³-hybridized carbons (Fsp3) is 0.421. The van der Waals surface area contributed by atoms with Crippen LogP contribution in [-0.2, 0) is 43.3 Å². The summed E-state index contributed by atoms with van der Waals surface area (Å²) in [5.41, 5.74) is -5.57. The molecule has 0 heterocycles. The molecule has 24 heteroatoms. The lowest BCUT2D eigenvalue weighted by Gasteiger charge is -2.33. The molecule has 16 N–H and O–H groups in total. The Morgan fingerprint density at radius 1 is 0.167 bits per heavy atom. The molecule has 0 aliphatic rings. The number of carbonyl (C=O) groups is 8. The van der Waals surface area contributed by atoms with Gasteiger partial charge in [-0.25, -0.2) is 0 Å². The summed E-state index contributed by atoms with van der Waals surface area (Å²) in [6, 6.07) is 36.9. The van der Waals surface area contributed by atoms with Gasteiger partial charge in [0.15, 0.2) is 46.3 Å². The van der Waals surface area contributed by atoms with Crippen molar-refractivity contribution < 1.29 is 79.2 Å². The zero-order valence-electron chi connectivity index (χ0n) is 84.6. The first-order valence-corrected chi connectivity index (χ1v) is 47.4. The van der Waals surface area contributed by atoms with Crippen LogP contribution in [0, 0.1) is 0 Å². The van der Waals surface area contributed by atoms with Crippen molar-refractivity contribution in [3.63, 3.8) is 0 Å². The van der Waals surface area contributed by atoms with Gasteiger partial charge in [-0.3, -0.25) is 38.4 Å². The zero-order valence-corrected chi connectivity index (χ0v) is 84.6. The molecule has 0 spiro atoms. The van der Waals surface area contributed by atoms with Gasteiger partial charge in [-0.05, 0) is 185 Å². The van der Waals surface area contributed by atoms with Crippen LogP contribution in [0.1, 0.15) is 294 Å². The van der Waals surface area contributed by atoms with Crippen LogP contribution in [0.5, 0.6) is 0 Å². The highest BCUT2D eigenvalue weighted by Gasteiger charge is 2.49. The maximum Gasteiger partial charge on any atom is 0.188 e. The molecule has 0 radical (unpaired) electrons. The SMILES string of the molecule is CC(C)(C)c1ccc(N[C@@H](CO)C(=O)c2c(C(=O)[C@H](CO)Nc3ccc(C(C)(C)C)cc3)c(C(=O)[C@H](CO)Nc3ccc(C(C)(C)C)cc3)c3c(C(=O)[C@H](CO)Nc4ccc(C(C)(C)C)cc4)c(C(=O)[C@H](CO)Nc4ccc(C(C)(C)C)cc4)c(C(=O)[C@H](CO)Nc4ccc(C(C)(C)C)cc4)c(C(=O)[C@H](CO)Nc4ccc(C(C)(C)C)cc4)c3c2C(=O)[C@H](CO)Nc2ccc(C(C)(C)C)cc2)cc1. The molecule has 10 rings (SSSR count). The Labute approximate surface area is 813 Å². The molecule has 0 aliphatic heterocycles. The summed E-state index contributed by atoms with van der Waals surface area (Å²) in [6.45, 7) is 37.3. The van der Waals surface area contributed by atoms with Crippen molar-refractivity contribution in [3.05, 3.63) is 283 Å². The molecule has 736 valence electrons. The molecule has 0 aliphatic carbocycles. The molecule has 10 aromatic rings. The fourth-order valence-electron chi connectivity index (χ4n) is 16.8. The van der Waals surface area contributed by atoms with Crippen molar-refractivity contribution in [1.82, 2.24) is 0 Å². The normalized spacial score (nSPS) is 14.2. The van der Waals surface area contributed by atoms with E-state index in [1.165, 1.54) is 0 Å². The standard InChI is InChI=1S/C114H144N8O16/c1-107(2,3)65-25-41-73(42-26-65)115-81(57-123)99(131)91-89-90(93(101(133)83(59-125)117-75-45-29-67(30-46-75)109(7,8)9)96(104(136)86(62-128)120-78-51-35-70(36-52-78)112(16,17)18)95(91)103(135)85(61-127)119-77-49-33-69(34-50-77)111(13,14)15)94(102(134)84(60-126)118-76-47-31-68(32-48-76)110(10,11)12)98(106(138)88(64-130)122-80-55-39-72(40-56-80)114(22,23)24)97(105(137)87(63-129)121-79-53-37-71(38-54-79)113(19,20)21)92(89)100(132)82(58-124)116-74-43-27-66(28-44-74)108(4,5)6/h25-56,81-88,115-130H,57-64H2,1-24H3/t81-,82-,83-,84-,85-,86-,87-,88-/m0/s1. The highest BCUT2D eigenvalue weighted by atomic mass is 16.3. The number of hydrogen-bond donors (Lipinski definition) is 16. The zero-order chi connectivity index (χ0) is 102. The summed E-state index contributed by atoms with van der Waals surface area (Å²) in [6.07, 6.45) is 0. The average Bonchev–Trinajstić information content (AvgIpc) is 0.686. The predicted octanol–water partition coefficient (Wildman–Crippen LogP) is 18.5. The first-order chi connectivity index (χ1) is 64.4. The topological polar surface area (TPSA) is 395 Å². The van der Waals surface area contributed by atoms with Crippen LogP contribution in [0.3, 0.4) is 0 Å². The van der Waals surface area contributed by atoms with Crippen LogP contribution in [-0.4, -0.2) is 188 Å². The van der Waals surface area contributed by atoms with Gasteiger partial charge >= 0.3 is 0 Å². The Hall–Kier alpha value is -12.1. The monoisotopic (exact) mass is 1880 g/mol. The molecule has 0 saturated carbocycles. The number of aliphatic hydroxyl groups is 8. The second-order valence-electron chi connectivity index (χ2n) is 44.3. The molecule has 0 saturated heterocycles. The van der Waals surface area contributed by atoms with Crippen LogP contribution in [0.4, 0.5) is 45.5 Å². The van der Waals surface area contributed by atoms with Crippen molar-refractivity contribution in [2.45, 2.75) is 258 Å². The molecule has 0 bridgehead atoms. The van der Waals surface area contributed by atoms with Crippen LogP contribution < -0.4 is 42.5 Å². The summed E-state index contributed by atoms with van der Waals surface area (Å²) in [5, 5.41) is 123. The molecule has 8 atom stereocenters. The summed E-state index contributed by atoms with van der Waals surface area (Å²) < 4.78 is 0. The number of ketones is 8. The van der Waals surface area contributed by atoms with E-state index < -0.39 is 246 Å². The third kappa shape index (κ3) is 25.3. The van der Waals surface area contributed by atoms with Crippen LogP contribution in [0.2, 0.25) is 0 Å². The maximum absolute atomic E-state index is 18.3. The third-order valence-electron chi connectivity index (χ3n) is 25.4. The van der Waals surface area contributed by atoms with E-state index in [1.54, 1.807) is 194 Å². The largest absolute Gasteiger partial charge is 0.394 e. The van der Waals surface area contributed by atoms with Gasteiger partial charge in [-0.2, -0.15) is 0 Å². The van der Waals surface area contributed by atoms with E-state index in [2.05, 4.69) is 42.5 Å². The number of aliphatic hydroxyl groups excluding tert-OH is 8. The predicted molar refractivity (Wildman–Crippen MR) is 556 cm³/mol. The fourth-order valence-corrected chi connectivity index (χ4v) is 16.8. The second kappa shape index (κ2) is 43.5. The number of fused-ring (bicyclic) bond motifs is 1. The van der Waals surface area contributed by atoms with Gasteiger partial charge in [0.25, 0.3) is 0 Å². The lowest BCUT2D eigenvalue weighted by Crippen LogP contribution is -2.45. The van der Waals surface area contributed by atoms with E-state index in [1.807, 2.05) is 166 Å². The Kier molecular flexibility index (Phi) is 34.0. The van der Waals surface area contributed by atoms with Crippen molar-refractivity contribution in [2.24, 2.45) is 0 Å². The molecule has 0 unspecified atom stereocenters. The number of rotatable bonds is 40. The van der Waals surface area contributed by atoms with E-state index in [0.29, 0.717) is 0 Å². The van der Waals surface area contributed by atoms with Gasteiger partial charge in [0.1, 0.15) is 48.3 Å². The molecule has 0 fully saturated rings. The number of anilines is 8. The molecule has 0 aromatic heterocycles. The van der Waals surface area contributed by atoms with Gasteiger partial charge in [-0.1, -0.05) is 263 Å². The summed E-state index contributed by atoms with van der Waals surface area (Å²) >= 11 is 0. The second-order valence-corrected chi connectivity index (χ2v) is 44.3. The van der Waals surface area contributed by atoms with Crippen LogP contribution >= 0.6 is 0 Å². The van der Waals surface area contributed by atoms with Crippen molar-refractivity contribution in [3.8, 4) is 0 Å². The lowest BCUT2D eigenvalue weighted by atomic mass is 9.71. The lowest BCUT2D eigenvalue weighted by molar-refractivity contribution is 0.0875. The van der Waals surface area contributed by atoms with E-state index in [-0.39, 0.29) is 45.5 Å². The van der Waals surface area contributed by atoms with Crippen LogP contribution in [0.25, 0.3) is 10.8 Å². The van der Waals surface area contributed by atoms with Crippen molar-refractivity contribution in [2.75, 3.05) is 95.4 Å². The maximum atomic E-state index is 18.3. The quantitative estimate of drug-likeness (QED) is 0.0159. The molecule has 10 aromatic carbocycles. The van der Waals surface area contributed by atoms with Crippen LogP contribution in [0.15, 0.2) is 194 Å². The van der Waals surface area contributed by atoms with Gasteiger partial charge in [-0.15, -0.1) is 0 Å². The minimum atomic E-state index is -2.14. The summed E-state index contributed by atoms with van der Waals surface area (Å²) in [4.78, 5) is 146. The van der Waals surface area contributed by atoms with Gasteiger partial charge < -0.3 is 83.4 Å². The van der Waals surface area contributed by atoms with Crippen molar-refractivity contribution >= 4 is 103 Å². The van der Waals surface area contributed by atoms with E-state index in [4.69, 9.17) is 0 Å². The first-order valence-electron chi connectivity index (χ1n) is 47.4. The van der Waals surface area contributed by atoms with E-state index in [0.717, 1.165) is 44.5 Å². The first kappa shape index (κ1) is 108. The number of nitrogens with one attached hydrogen (secondary N) is 8. The number of hydrogen-bond acceptors (Lipinski definition) is 24. The number of carbonyl (C=O) groups excluding carboxylic acids is 8. The summed E-state index contributed by atoms with van der Waals surface area (Å²) in [7, 11) is 0. The molecular formula is C114H144N8O16. The summed E-state index contributed by atoms with van der Waals surface area (Å²) in [5.74, 6) is -11.7. The van der Waals surface area contributed by atoms with Gasteiger partial charge in [0.2, 0.25) is 0 Å². The Balaban J connectivity index is 1.61. The Bertz CT molecular complexity index is 5270. The highest BCUT2D eigenvalue weighted by molar-refractivity contribution is 6.39. The molecule has 24 nitrogen and oxygen atoms in total. The van der Waals surface area contributed by atoms with Gasteiger partial charge in [0, 0.05) is 101 Å². The molecule has 138 heavy (non-hydrogen) atoms. The number of Topliss-reactive ketones (excluding diaryl/α,β-unsaturated/α-hetero) is 8. The Morgan fingerprint density at radius 2 is 0.254 bits per heavy atom. The average molecular weight is 1880 g/mol. The van der Waals surface area contributed by atoms with Crippen molar-refractivity contribution in [1.29, 1.82) is 0 Å². The minimum Gasteiger partial charge on any atom is -0.394 e.